The summed E-state index contributed by atoms with van der Waals surface area (Å²) in [7, 11) is 1.29. The number of ether oxygens (including phenoxy) is 1. The number of benzene rings is 2. The minimum absolute atomic E-state index is 0.107. The normalized spacial score (nSPS) is 27.5. The summed E-state index contributed by atoms with van der Waals surface area (Å²) in [4.78, 5) is 41.2. The molecule has 0 bridgehead atoms. The van der Waals surface area contributed by atoms with Crippen LogP contribution in [0.4, 0.5) is 0 Å². The molecular weight excluding hydrogens is 396 g/mol. The first-order valence-corrected chi connectivity index (χ1v) is 10.4. The minimum Gasteiger partial charge on any atom is -0.508 e. The summed E-state index contributed by atoms with van der Waals surface area (Å²) in [6.45, 7) is 3.96. The quantitative estimate of drug-likeness (QED) is 0.566. The molecule has 4 atom stereocenters. The molecule has 2 N–H and O–H groups in total. The zero-order valence-electron chi connectivity index (χ0n) is 17.8. The Bertz CT molecular complexity index is 1030. The van der Waals surface area contributed by atoms with Crippen LogP contribution in [0.1, 0.15) is 29.7 Å². The first-order valence-electron chi connectivity index (χ1n) is 10.4. The van der Waals surface area contributed by atoms with Gasteiger partial charge < -0.3 is 9.84 Å². The lowest BCUT2D eigenvalue weighted by molar-refractivity contribution is -0.154. The number of nitrogens with one attached hydrogen (secondary N) is 1. The monoisotopic (exact) mass is 422 g/mol. The van der Waals surface area contributed by atoms with Crippen LogP contribution in [0.15, 0.2) is 48.5 Å². The number of rotatable bonds is 5. The number of esters is 1. The van der Waals surface area contributed by atoms with Crippen LogP contribution in [0.2, 0.25) is 0 Å². The van der Waals surface area contributed by atoms with Crippen LogP contribution in [0.25, 0.3) is 0 Å². The smallest absolute Gasteiger partial charge is 0.327 e. The summed E-state index contributed by atoms with van der Waals surface area (Å²) < 4.78 is 5.18. The van der Waals surface area contributed by atoms with Crippen molar-refractivity contribution in [1.29, 1.82) is 0 Å². The van der Waals surface area contributed by atoms with E-state index in [2.05, 4.69) is 5.32 Å². The summed E-state index contributed by atoms with van der Waals surface area (Å²) >= 11 is 0. The Morgan fingerprint density at radius 2 is 1.81 bits per heavy atom. The summed E-state index contributed by atoms with van der Waals surface area (Å²) in [6, 6.07) is 13.6. The van der Waals surface area contributed by atoms with Gasteiger partial charge in [0.25, 0.3) is 0 Å². The van der Waals surface area contributed by atoms with Crippen molar-refractivity contribution >= 4 is 17.8 Å². The summed E-state index contributed by atoms with van der Waals surface area (Å²) in [5, 5.41) is 13.0. The standard InChI is InChI=1S/C24H26N2O5/c1-4-26-21(28)18-19(22(26)29)24(23(30)31-3,13-15-9-11-16(27)12-10-15)25-20(18)17-8-6-5-7-14(17)2/h5-12,18-20,25,27H,4,13H2,1-3H3/t18-,19+,20+,24-/m1/s1. The molecule has 31 heavy (non-hydrogen) atoms. The molecule has 2 heterocycles. The number of methoxy groups -OCH3 is 1. The van der Waals surface area contributed by atoms with Crippen LogP contribution in [0.5, 0.6) is 5.75 Å². The van der Waals surface area contributed by atoms with Crippen molar-refractivity contribution in [2.45, 2.75) is 31.8 Å². The number of aromatic hydroxyl groups is 1. The number of amides is 2. The number of nitrogens with zero attached hydrogens (tertiary/aromatic N) is 1. The Balaban J connectivity index is 1.88. The van der Waals surface area contributed by atoms with Gasteiger partial charge in [-0.1, -0.05) is 36.4 Å². The highest BCUT2D eigenvalue weighted by Crippen LogP contribution is 2.50. The van der Waals surface area contributed by atoms with E-state index < -0.39 is 29.4 Å². The third-order valence-electron chi connectivity index (χ3n) is 6.55. The second kappa shape index (κ2) is 7.81. The lowest BCUT2D eigenvalue weighted by Gasteiger charge is -2.32. The molecule has 2 aliphatic heterocycles. The first kappa shape index (κ1) is 21.1. The number of phenols is 1. The highest BCUT2D eigenvalue weighted by Gasteiger charge is 2.68. The summed E-state index contributed by atoms with van der Waals surface area (Å²) in [5.74, 6) is -2.68. The van der Waals surface area contributed by atoms with Crippen LogP contribution >= 0.6 is 0 Å². The van der Waals surface area contributed by atoms with E-state index in [-0.39, 0.29) is 30.5 Å². The van der Waals surface area contributed by atoms with Gasteiger partial charge in [-0.3, -0.25) is 24.6 Å². The zero-order chi connectivity index (χ0) is 22.3. The molecule has 2 aromatic carbocycles. The second-order valence-corrected chi connectivity index (χ2v) is 8.21. The fourth-order valence-electron chi connectivity index (χ4n) is 5.12. The van der Waals surface area contributed by atoms with E-state index in [1.54, 1.807) is 19.1 Å². The van der Waals surface area contributed by atoms with Crippen LogP contribution < -0.4 is 5.32 Å². The lowest BCUT2D eigenvalue weighted by atomic mass is 9.76. The van der Waals surface area contributed by atoms with Crippen LogP contribution in [0.3, 0.4) is 0 Å². The number of imide groups is 1. The van der Waals surface area contributed by atoms with Gasteiger partial charge in [0.1, 0.15) is 11.3 Å². The predicted octanol–water partition coefficient (Wildman–Crippen LogP) is 2.12. The van der Waals surface area contributed by atoms with E-state index in [1.165, 1.54) is 24.1 Å². The van der Waals surface area contributed by atoms with E-state index in [0.717, 1.165) is 16.7 Å². The molecule has 0 spiro atoms. The Morgan fingerprint density at radius 3 is 2.42 bits per heavy atom. The molecule has 0 aliphatic carbocycles. The van der Waals surface area contributed by atoms with E-state index >= 15 is 0 Å². The maximum absolute atomic E-state index is 13.4. The summed E-state index contributed by atoms with van der Waals surface area (Å²) in [6.07, 6.45) is 0.153. The molecule has 2 aromatic rings. The number of hydrogen-bond acceptors (Lipinski definition) is 6. The van der Waals surface area contributed by atoms with Crippen molar-refractivity contribution in [3.05, 3.63) is 65.2 Å². The molecule has 2 amide bonds. The third kappa shape index (κ3) is 3.20. The number of phenolic OH excluding ortho intramolecular Hbond substituents is 1. The van der Waals surface area contributed by atoms with Gasteiger partial charge in [-0.2, -0.15) is 0 Å². The topological polar surface area (TPSA) is 95.9 Å². The molecule has 2 fully saturated rings. The van der Waals surface area contributed by atoms with Gasteiger partial charge >= 0.3 is 5.97 Å². The Kier molecular flexibility index (Phi) is 5.31. The number of hydrogen-bond donors (Lipinski definition) is 2. The molecule has 0 aromatic heterocycles. The largest absolute Gasteiger partial charge is 0.508 e. The highest BCUT2D eigenvalue weighted by atomic mass is 16.5. The van der Waals surface area contributed by atoms with E-state index in [9.17, 15) is 19.5 Å². The Labute approximate surface area is 181 Å². The van der Waals surface area contributed by atoms with Crippen LogP contribution in [0, 0.1) is 18.8 Å². The van der Waals surface area contributed by atoms with Crippen molar-refractivity contribution in [2.24, 2.45) is 11.8 Å². The summed E-state index contributed by atoms with van der Waals surface area (Å²) in [5.41, 5.74) is 1.20. The minimum atomic E-state index is -1.40. The molecule has 162 valence electrons. The number of carbonyl (C=O) groups is 3. The fraction of sp³-hybridized carbons (Fsp3) is 0.375. The van der Waals surface area contributed by atoms with Gasteiger partial charge in [0, 0.05) is 19.0 Å². The van der Waals surface area contributed by atoms with Gasteiger partial charge in [0.05, 0.1) is 18.9 Å². The van der Waals surface area contributed by atoms with Gasteiger partial charge in [-0.25, -0.2) is 0 Å². The number of likely N-dealkylation sites (tertiary alicyclic amines) is 1. The average molecular weight is 422 g/mol. The zero-order valence-corrected chi connectivity index (χ0v) is 17.8. The third-order valence-corrected chi connectivity index (χ3v) is 6.55. The van der Waals surface area contributed by atoms with E-state index in [1.807, 2.05) is 31.2 Å². The van der Waals surface area contributed by atoms with Gasteiger partial charge in [0.2, 0.25) is 11.8 Å². The second-order valence-electron chi connectivity index (χ2n) is 8.21. The van der Waals surface area contributed by atoms with Crippen molar-refractivity contribution in [2.75, 3.05) is 13.7 Å². The van der Waals surface area contributed by atoms with E-state index in [0.29, 0.717) is 0 Å². The predicted molar refractivity (Wildman–Crippen MR) is 113 cm³/mol. The van der Waals surface area contributed by atoms with Crippen LogP contribution in [-0.4, -0.2) is 47.0 Å². The SMILES string of the molecule is CCN1C(=O)[C@@H]2[C@@H](C1=O)[C@](Cc1ccc(O)cc1)(C(=O)OC)N[C@H]2c1ccccc1C. The fourth-order valence-corrected chi connectivity index (χ4v) is 5.12. The van der Waals surface area contributed by atoms with Crippen molar-refractivity contribution in [3.8, 4) is 5.75 Å². The van der Waals surface area contributed by atoms with E-state index in [4.69, 9.17) is 4.74 Å². The first-order chi connectivity index (χ1) is 14.8. The number of fused-ring (bicyclic) bond motifs is 1. The van der Waals surface area contributed by atoms with Gasteiger partial charge in [0.15, 0.2) is 0 Å². The van der Waals surface area contributed by atoms with Crippen LogP contribution in [-0.2, 0) is 25.5 Å². The van der Waals surface area contributed by atoms with Crippen molar-refractivity contribution in [1.82, 2.24) is 10.2 Å². The lowest BCUT2D eigenvalue weighted by Crippen LogP contribution is -2.57. The molecule has 7 nitrogen and oxygen atoms in total. The highest BCUT2D eigenvalue weighted by molar-refractivity contribution is 6.09. The molecule has 7 heteroatoms. The maximum atomic E-state index is 13.4. The molecule has 4 rings (SSSR count). The molecule has 0 radical (unpaired) electrons. The number of carbonyl (C=O) groups excluding carboxylic acids is 3. The molecular formula is C24H26N2O5. The number of aryl methyl sites for hydroxylation is 1. The molecule has 2 aliphatic rings. The maximum Gasteiger partial charge on any atom is 0.327 e. The Morgan fingerprint density at radius 1 is 1.13 bits per heavy atom. The van der Waals surface area contributed by atoms with Crippen molar-refractivity contribution in [3.63, 3.8) is 0 Å². The Hall–Kier alpha value is -3.19. The van der Waals surface area contributed by atoms with Crippen molar-refractivity contribution < 1.29 is 24.2 Å². The molecule has 2 saturated heterocycles. The van der Waals surface area contributed by atoms with Gasteiger partial charge in [-0.15, -0.1) is 0 Å². The average Bonchev–Trinajstić information content (AvgIpc) is 3.23. The molecule has 0 saturated carbocycles. The van der Waals surface area contributed by atoms with Gasteiger partial charge in [-0.05, 0) is 42.7 Å². The molecule has 0 unspecified atom stereocenters.